The topological polar surface area (TPSA) is 44.5 Å². The Balaban J connectivity index is 2.16. The average molecular weight is 258 g/mol. The first-order valence-corrected chi connectivity index (χ1v) is 6.16. The second kappa shape index (κ2) is 7.54. The van der Waals surface area contributed by atoms with Crippen LogP contribution in [-0.4, -0.2) is 19.8 Å². The smallest absolute Gasteiger partial charge is 0.0718 e. The summed E-state index contributed by atoms with van der Waals surface area (Å²) in [4.78, 5) is 0. The molecule has 0 aliphatic rings. The molecule has 17 heavy (non-hydrogen) atoms. The molecule has 0 amide bonds. The van der Waals surface area contributed by atoms with Gasteiger partial charge in [-0.2, -0.15) is 0 Å². The highest BCUT2D eigenvalue weighted by atomic mass is 35.5. The highest BCUT2D eigenvalue weighted by Crippen LogP contribution is 2.19. The van der Waals surface area contributed by atoms with E-state index in [1.807, 2.05) is 12.1 Å². The highest BCUT2D eigenvalue weighted by Gasteiger charge is 1.99. The van der Waals surface area contributed by atoms with Crippen LogP contribution in [0.3, 0.4) is 0 Å². The van der Waals surface area contributed by atoms with Gasteiger partial charge in [-0.3, -0.25) is 0 Å². The van der Waals surface area contributed by atoms with E-state index in [1.165, 1.54) is 0 Å². The third-order valence-electron chi connectivity index (χ3n) is 2.15. The fraction of sp³-hybridized carbons (Fsp3) is 0.538. The Kier molecular flexibility index (Phi) is 6.34. The van der Waals surface area contributed by atoms with Gasteiger partial charge in [-0.15, -0.1) is 0 Å². The van der Waals surface area contributed by atoms with Crippen LogP contribution in [0.15, 0.2) is 18.2 Å². The van der Waals surface area contributed by atoms with Crippen LogP contribution in [0, 0.1) is 5.92 Å². The SMILES string of the molecule is CC(C)COCCOCc1ccc(Cl)c(N)c1. The van der Waals surface area contributed by atoms with Gasteiger partial charge in [-0.25, -0.2) is 0 Å². The molecule has 3 nitrogen and oxygen atoms in total. The van der Waals surface area contributed by atoms with Gasteiger partial charge >= 0.3 is 0 Å². The molecule has 0 saturated heterocycles. The molecule has 0 unspecified atom stereocenters. The molecule has 1 rings (SSSR count). The molecular formula is C13H20ClNO2. The monoisotopic (exact) mass is 257 g/mol. The summed E-state index contributed by atoms with van der Waals surface area (Å²) in [6.45, 7) is 6.77. The first kappa shape index (κ1) is 14.3. The molecule has 0 fully saturated rings. The van der Waals surface area contributed by atoms with E-state index in [9.17, 15) is 0 Å². The number of halogens is 1. The van der Waals surface area contributed by atoms with Crippen molar-refractivity contribution in [3.63, 3.8) is 0 Å². The number of hydrogen-bond acceptors (Lipinski definition) is 3. The Morgan fingerprint density at radius 2 is 1.94 bits per heavy atom. The lowest BCUT2D eigenvalue weighted by Gasteiger charge is -2.08. The molecule has 0 saturated carbocycles. The van der Waals surface area contributed by atoms with E-state index in [1.54, 1.807) is 6.07 Å². The van der Waals surface area contributed by atoms with Gasteiger partial charge in [0.05, 0.1) is 30.5 Å². The Hall–Kier alpha value is -0.770. The lowest BCUT2D eigenvalue weighted by atomic mass is 10.2. The fourth-order valence-corrected chi connectivity index (χ4v) is 1.43. The Labute approximate surface area is 108 Å². The zero-order chi connectivity index (χ0) is 12.7. The Bertz CT molecular complexity index is 342. The standard InChI is InChI=1S/C13H20ClNO2/c1-10(2)8-16-5-6-17-9-11-3-4-12(14)13(15)7-11/h3-4,7,10H,5-6,8-9,15H2,1-2H3. The molecule has 0 atom stereocenters. The van der Waals surface area contributed by atoms with E-state index in [4.69, 9.17) is 26.8 Å². The quantitative estimate of drug-likeness (QED) is 0.603. The summed E-state index contributed by atoms with van der Waals surface area (Å²) in [5.74, 6) is 0.561. The van der Waals surface area contributed by atoms with Gasteiger partial charge in [-0.1, -0.05) is 31.5 Å². The minimum absolute atomic E-state index is 0.534. The van der Waals surface area contributed by atoms with Crippen molar-refractivity contribution in [3.05, 3.63) is 28.8 Å². The Morgan fingerprint density at radius 3 is 2.59 bits per heavy atom. The minimum atomic E-state index is 0.534. The molecule has 0 heterocycles. The highest BCUT2D eigenvalue weighted by molar-refractivity contribution is 6.33. The van der Waals surface area contributed by atoms with E-state index in [-0.39, 0.29) is 0 Å². The van der Waals surface area contributed by atoms with E-state index in [2.05, 4.69) is 13.8 Å². The van der Waals surface area contributed by atoms with Gasteiger partial charge in [0, 0.05) is 6.61 Å². The van der Waals surface area contributed by atoms with Crippen LogP contribution < -0.4 is 5.73 Å². The number of ether oxygens (including phenoxy) is 2. The summed E-state index contributed by atoms with van der Waals surface area (Å²) in [6, 6.07) is 5.52. The second-order valence-electron chi connectivity index (χ2n) is 4.38. The number of nitrogens with two attached hydrogens (primary N) is 1. The van der Waals surface area contributed by atoms with Crippen LogP contribution in [0.1, 0.15) is 19.4 Å². The van der Waals surface area contributed by atoms with E-state index in [0.29, 0.717) is 36.4 Å². The van der Waals surface area contributed by atoms with Crippen molar-refractivity contribution in [1.29, 1.82) is 0 Å². The van der Waals surface area contributed by atoms with Crippen LogP contribution in [0.5, 0.6) is 0 Å². The number of anilines is 1. The van der Waals surface area contributed by atoms with Crippen molar-refractivity contribution < 1.29 is 9.47 Å². The molecule has 0 spiro atoms. The predicted octanol–water partition coefficient (Wildman–Crippen LogP) is 3.11. The van der Waals surface area contributed by atoms with Crippen LogP contribution in [0.4, 0.5) is 5.69 Å². The van der Waals surface area contributed by atoms with Gasteiger partial charge in [0.2, 0.25) is 0 Å². The van der Waals surface area contributed by atoms with Crippen molar-refractivity contribution in [1.82, 2.24) is 0 Å². The molecule has 0 aliphatic carbocycles. The molecule has 1 aromatic carbocycles. The molecule has 1 aromatic rings. The molecular weight excluding hydrogens is 238 g/mol. The third kappa shape index (κ3) is 5.91. The van der Waals surface area contributed by atoms with E-state index >= 15 is 0 Å². The van der Waals surface area contributed by atoms with E-state index in [0.717, 1.165) is 12.2 Å². The fourth-order valence-electron chi connectivity index (χ4n) is 1.31. The van der Waals surface area contributed by atoms with Crippen LogP contribution >= 0.6 is 11.6 Å². The normalized spacial score (nSPS) is 11.1. The predicted molar refractivity (Wildman–Crippen MR) is 71.2 cm³/mol. The van der Waals surface area contributed by atoms with Gasteiger partial charge in [0.15, 0.2) is 0 Å². The average Bonchev–Trinajstić information content (AvgIpc) is 2.27. The van der Waals surface area contributed by atoms with E-state index < -0.39 is 0 Å². The molecule has 2 N–H and O–H groups in total. The molecule has 0 radical (unpaired) electrons. The third-order valence-corrected chi connectivity index (χ3v) is 2.50. The van der Waals surface area contributed by atoms with Crippen LogP contribution in [0.2, 0.25) is 5.02 Å². The molecule has 0 aromatic heterocycles. The van der Waals surface area contributed by atoms with Gasteiger partial charge in [-0.05, 0) is 23.6 Å². The zero-order valence-corrected chi connectivity index (χ0v) is 11.2. The number of benzene rings is 1. The molecule has 0 aliphatic heterocycles. The van der Waals surface area contributed by atoms with Crippen molar-refractivity contribution in [3.8, 4) is 0 Å². The second-order valence-corrected chi connectivity index (χ2v) is 4.78. The lowest BCUT2D eigenvalue weighted by Crippen LogP contribution is -2.08. The van der Waals surface area contributed by atoms with Crippen molar-refractivity contribution >= 4 is 17.3 Å². The summed E-state index contributed by atoms with van der Waals surface area (Å²) in [5.41, 5.74) is 7.30. The van der Waals surface area contributed by atoms with Crippen molar-refractivity contribution in [2.24, 2.45) is 5.92 Å². The summed E-state index contributed by atoms with van der Waals surface area (Å²) < 4.78 is 10.9. The maximum absolute atomic E-state index is 5.83. The van der Waals surface area contributed by atoms with Gasteiger partial charge in [0.25, 0.3) is 0 Å². The summed E-state index contributed by atoms with van der Waals surface area (Å²) in [6.07, 6.45) is 0. The number of rotatable bonds is 7. The summed E-state index contributed by atoms with van der Waals surface area (Å²) in [7, 11) is 0. The van der Waals surface area contributed by atoms with Crippen molar-refractivity contribution in [2.45, 2.75) is 20.5 Å². The molecule has 4 heteroatoms. The first-order chi connectivity index (χ1) is 8.09. The number of nitrogen functional groups attached to an aromatic ring is 1. The Morgan fingerprint density at radius 1 is 1.24 bits per heavy atom. The lowest BCUT2D eigenvalue weighted by molar-refractivity contribution is 0.0315. The largest absolute Gasteiger partial charge is 0.398 e. The molecule has 96 valence electrons. The minimum Gasteiger partial charge on any atom is -0.398 e. The summed E-state index contributed by atoms with van der Waals surface area (Å²) >= 11 is 5.83. The zero-order valence-electron chi connectivity index (χ0n) is 10.4. The first-order valence-electron chi connectivity index (χ1n) is 5.79. The summed E-state index contributed by atoms with van der Waals surface area (Å²) in [5, 5.41) is 0.578. The number of hydrogen-bond donors (Lipinski definition) is 1. The van der Waals surface area contributed by atoms with Gasteiger partial charge in [0.1, 0.15) is 0 Å². The van der Waals surface area contributed by atoms with Crippen LogP contribution in [0.25, 0.3) is 0 Å². The van der Waals surface area contributed by atoms with Crippen LogP contribution in [-0.2, 0) is 16.1 Å². The maximum atomic E-state index is 5.83. The maximum Gasteiger partial charge on any atom is 0.0718 e. The van der Waals surface area contributed by atoms with Crippen molar-refractivity contribution in [2.75, 3.05) is 25.6 Å². The van der Waals surface area contributed by atoms with Gasteiger partial charge < -0.3 is 15.2 Å². The molecule has 0 bridgehead atoms.